The van der Waals surface area contributed by atoms with Crippen molar-refractivity contribution in [3.8, 4) is 0 Å². The molecule has 1 aromatic carbocycles. The third-order valence-corrected chi connectivity index (χ3v) is 3.17. The maximum Gasteiger partial charge on any atom is 0.123 e. The quantitative estimate of drug-likeness (QED) is 0.770. The molecule has 0 aliphatic carbocycles. The highest BCUT2D eigenvalue weighted by molar-refractivity contribution is 14.1. The molecule has 0 spiro atoms. The minimum absolute atomic E-state index is 0.793. The number of benzene rings is 1. The Balaban J connectivity index is 2.21. The fraction of sp³-hybridized carbons (Fsp3) is 0.182. The molecule has 0 bridgehead atoms. The summed E-state index contributed by atoms with van der Waals surface area (Å²) >= 11 is 8.17. The molecule has 0 atom stereocenters. The Labute approximate surface area is 107 Å². The van der Waals surface area contributed by atoms with Crippen molar-refractivity contribution in [1.29, 1.82) is 0 Å². The third kappa shape index (κ3) is 2.72. The lowest BCUT2D eigenvalue weighted by Crippen LogP contribution is -2.00. The molecule has 0 unspecified atom stereocenters. The summed E-state index contributed by atoms with van der Waals surface area (Å²) in [7, 11) is 0. The van der Waals surface area contributed by atoms with Gasteiger partial charge in [0, 0.05) is 11.2 Å². The van der Waals surface area contributed by atoms with Gasteiger partial charge in [-0.3, -0.25) is 4.68 Å². The Morgan fingerprint density at radius 1 is 1.40 bits per heavy atom. The Hall–Kier alpha value is -0.550. The molecule has 15 heavy (non-hydrogen) atoms. The average molecular weight is 333 g/mol. The van der Waals surface area contributed by atoms with E-state index in [4.69, 9.17) is 11.6 Å². The standard InChI is InChI=1S/C11H10ClIN2/c1-8-6-9(2-3-10(8)12)7-15-5-4-11(13)14-15/h2-6H,7H2,1H3. The summed E-state index contributed by atoms with van der Waals surface area (Å²) in [6, 6.07) is 8.05. The summed E-state index contributed by atoms with van der Waals surface area (Å²) in [5.74, 6) is 0. The average Bonchev–Trinajstić information content (AvgIpc) is 2.58. The van der Waals surface area contributed by atoms with Gasteiger partial charge in [-0.15, -0.1) is 0 Å². The van der Waals surface area contributed by atoms with Gasteiger partial charge in [0.15, 0.2) is 0 Å². The fourth-order valence-electron chi connectivity index (χ4n) is 1.42. The van der Waals surface area contributed by atoms with Crippen LogP contribution in [0.15, 0.2) is 30.5 Å². The summed E-state index contributed by atoms with van der Waals surface area (Å²) in [5.41, 5.74) is 2.33. The largest absolute Gasteiger partial charge is 0.267 e. The molecular weight excluding hydrogens is 322 g/mol. The van der Waals surface area contributed by atoms with Crippen LogP contribution in [-0.2, 0) is 6.54 Å². The minimum Gasteiger partial charge on any atom is -0.267 e. The van der Waals surface area contributed by atoms with Crippen LogP contribution in [0.4, 0.5) is 0 Å². The summed E-state index contributed by atoms with van der Waals surface area (Å²) in [6.07, 6.45) is 1.98. The number of rotatable bonds is 2. The van der Waals surface area contributed by atoms with E-state index in [0.29, 0.717) is 0 Å². The van der Waals surface area contributed by atoms with Gasteiger partial charge in [-0.25, -0.2) is 0 Å². The summed E-state index contributed by atoms with van der Waals surface area (Å²) in [6.45, 7) is 2.81. The van der Waals surface area contributed by atoms with Gasteiger partial charge < -0.3 is 0 Å². The van der Waals surface area contributed by atoms with Crippen molar-refractivity contribution >= 4 is 34.2 Å². The Morgan fingerprint density at radius 3 is 2.80 bits per heavy atom. The van der Waals surface area contributed by atoms with E-state index in [1.165, 1.54) is 5.56 Å². The molecule has 78 valence electrons. The lowest BCUT2D eigenvalue weighted by atomic mass is 10.1. The van der Waals surface area contributed by atoms with Crippen molar-refractivity contribution in [2.24, 2.45) is 0 Å². The van der Waals surface area contributed by atoms with Crippen LogP contribution in [0.1, 0.15) is 11.1 Å². The first-order valence-corrected chi connectivity index (χ1v) is 6.05. The number of aromatic nitrogens is 2. The normalized spacial score (nSPS) is 10.6. The van der Waals surface area contributed by atoms with Crippen LogP contribution in [0.5, 0.6) is 0 Å². The summed E-state index contributed by atoms with van der Waals surface area (Å²) < 4.78 is 2.93. The van der Waals surface area contributed by atoms with E-state index >= 15 is 0 Å². The van der Waals surface area contributed by atoms with E-state index in [2.05, 4.69) is 33.8 Å². The topological polar surface area (TPSA) is 17.8 Å². The van der Waals surface area contributed by atoms with E-state index in [-0.39, 0.29) is 0 Å². The highest BCUT2D eigenvalue weighted by Crippen LogP contribution is 2.16. The lowest BCUT2D eigenvalue weighted by molar-refractivity contribution is 0.681. The van der Waals surface area contributed by atoms with Crippen LogP contribution in [-0.4, -0.2) is 9.78 Å². The van der Waals surface area contributed by atoms with Crippen LogP contribution in [0.2, 0.25) is 5.02 Å². The second-order valence-corrected chi connectivity index (χ2v) is 4.93. The molecule has 0 saturated carbocycles. The lowest BCUT2D eigenvalue weighted by Gasteiger charge is -2.04. The Kier molecular flexibility index (Phi) is 3.31. The number of hydrogen-bond donors (Lipinski definition) is 0. The van der Waals surface area contributed by atoms with Crippen molar-refractivity contribution in [2.45, 2.75) is 13.5 Å². The number of aryl methyl sites for hydroxylation is 1. The van der Waals surface area contributed by atoms with Gasteiger partial charge in [-0.05, 0) is 52.8 Å². The van der Waals surface area contributed by atoms with Crippen molar-refractivity contribution in [2.75, 3.05) is 0 Å². The molecule has 0 fully saturated rings. The van der Waals surface area contributed by atoms with E-state index < -0.39 is 0 Å². The van der Waals surface area contributed by atoms with Crippen molar-refractivity contribution in [1.82, 2.24) is 9.78 Å². The Morgan fingerprint density at radius 2 is 2.20 bits per heavy atom. The maximum absolute atomic E-state index is 5.96. The van der Waals surface area contributed by atoms with Gasteiger partial charge in [0.2, 0.25) is 0 Å². The molecule has 0 saturated heterocycles. The van der Waals surface area contributed by atoms with E-state index in [1.54, 1.807) is 0 Å². The number of nitrogens with zero attached hydrogens (tertiary/aromatic N) is 2. The monoisotopic (exact) mass is 332 g/mol. The smallest absolute Gasteiger partial charge is 0.123 e. The molecule has 2 nitrogen and oxygen atoms in total. The van der Waals surface area contributed by atoms with E-state index in [0.717, 1.165) is 20.8 Å². The van der Waals surface area contributed by atoms with Gasteiger partial charge in [-0.1, -0.05) is 23.7 Å². The van der Waals surface area contributed by atoms with Crippen LogP contribution in [0.25, 0.3) is 0 Å². The second-order valence-electron chi connectivity index (χ2n) is 3.42. The number of hydrogen-bond acceptors (Lipinski definition) is 1. The van der Waals surface area contributed by atoms with Gasteiger partial charge in [0.05, 0.1) is 6.54 Å². The molecular formula is C11H10ClIN2. The SMILES string of the molecule is Cc1cc(Cn2ccc(I)n2)ccc1Cl. The molecule has 4 heteroatoms. The molecule has 1 heterocycles. The fourth-order valence-corrected chi connectivity index (χ4v) is 1.97. The highest BCUT2D eigenvalue weighted by Gasteiger charge is 2.00. The first kappa shape index (κ1) is 11.0. The third-order valence-electron chi connectivity index (χ3n) is 2.18. The van der Waals surface area contributed by atoms with Crippen LogP contribution >= 0.6 is 34.2 Å². The van der Waals surface area contributed by atoms with Gasteiger partial charge in [0.1, 0.15) is 3.70 Å². The summed E-state index contributed by atoms with van der Waals surface area (Å²) in [5, 5.41) is 5.14. The zero-order chi connectivity index (χ0) is 10.8. The van der Waals surface area contributed by atoms with Crippen LogP contribution in [0, 0.1) is 10.6 Å². The van der Waals surface area contributed by atoms with Gasteiger partial charge in [0.25, 0.3) is 0 Å². The molecule has 0 N–H and O–H groups in total. The second kappa shape index (κ2) is 4.53. The highest BCUT2D eigenvalue weighted by atomic mass is 127. The van der Waals surface area contributed by atoms with Gasteiger partial charge >= 0.3 is 0 Å². The zero-order valence-corrected chi connectivity index (χ0v) is 11.2. The summed E-state index contributed by atoms with van der Waals surface area (Å²) in [4.78, 5) is 0. The van der Waals surface area contributed by atoms with Crippen molar-refractivity contribution in [3.63, 3.8) is 0 Å². The predicted molar refractivity (Wildman–Crippen MR) is 70.2 cm³/mol. The molecule has 2 rings (SSSR count). The van der Waals surface area contributed by atoms with E-state index in [1.807, 2.05) is 36.0 Å². The van der Waals surface area contributed by atoms with Crippen LogP contribution < -0.4 is 0 Å². The molecule has 0 aliphatic heterocycles. The van der Waals surface area contributed by atoms with Crippen molar-refractivity contribution < 1.29 is 0 Å². The van der Waals surface area contributed by atoms with Crippen LogP contribution in [0.3, 0.4) is 0 Å². The Bertz CT molecular complexity index is 479. The van der Waals surface area contributed by atoms with E-state index in [9.17, 15) is 0 Å². The predicted octanol–water partition coefficient (Wildman–Crippen LogP) is 3.50. The molecule has 0 aliphatic rings. The number of halogens is 2. The minimum atomic E-state index is 0.793. The van der Waals surface area contributed by atoms with Gasteiger partial charge in [-0.2, -0.15) is 5.10 Å². The molecule has 1 aromatic heterocycles. The van der Waals surface area contributed by atoms with Crippen molar-refractivity contribution in [3.05, 3.63) is 50.3 Å². The first-order chi connectivity index (χ1) is 7.15. The molecule has 2 aromatic rings. The zero-order valence-electron chi connectivity index (χ0n) is 8.24. The molecule has 0 radical (unpaired) electrons. The maximum atomic E-state index is 5.96. The first-order valence-electron chi connectivity index (χ1n) is 4.59. The molecule has 0 amide bonds.